The van der Waals surface area contributed by atoms with E-state index in [-0.39, 0.29) is 0 Å². The number of hydrogen-bond donors (Lipinski definition) is 1. The Balaban J connectivity index is 2.49. The fourth-order valence-corrected chi connectivity index (χ4v) is 1.95. The van der Waals surface area contributed by atoms with E-state index in [4.69, 9.17) is 4.74 Å². The van der Waals surface area contributed by atoms with E-state index in [2.05, 4.69) is 41.5 Å². The van der Waals surface area contributed by atoms with E-state index in [0.717, 1.165) is 39.3 Å². The Kier molecular flexibility index (Phi) is 7.65. The zero-order chi connectivity index (χ0) is 13.2. The summed E-state index contributed by atoms with van der Waals surface area (Å²) >= 11 is 0. The average molecular weight is 250 g/mol. The second-order valence-electron chi connectivity index (χ2n) is 4.56. The Morgan fingerprint density at radius 3 is 2.61 bits per heavy atom. The lowest BCUT2D eigenvalue weighted by Crippen LogP contribution is -2.23. The molecule has 0 saturated heterocycles. The molecule has 0 saturated carbocycles. The third-order valence-corrected chi connectivity index (χ3v) is 3.02. The molecule has 0 aliphatic carbocycles. The average Bonchev–Trinajstić information content (AvgIpc) is 2.38. The third kappa shape index (κ3) is 5.63. The quantitative estimate of drug-likeness (QED) is 0.678. The van der Waals surface area contributed by atoms with Crippen LogP contribution in [0.4, 0.5) is 0 Å². The summed E-state index contributed by atoms with van der Waals surface area (Å²) < 4.78 is 5.39. The highest BCUT2D eigenvalue weighted by atomic mass is 16.5. The van der Waals surface area contributed by atoms with Gasteiger partial charge in [0, 0.05) is 19.7 Å². The van der Waals surface area contributed by atoms with Gasteiger partial charge in [-0.3, -0.25) is 4.90 Å². The van der Waals surface area contributed by atoms with Gasteiger partial charge in [-0.2, -0.15) is 0 Å². The van der Waals surface area contributed by atoms with Crippen molar-refractivity contribution in [1.29, 1.82) is 0 Å². The molecule has 0 aliphatic heterocycles. The van der Waals surface area contributed by atoms with Crippen LogP contribution >= 0.6 is 0 Å². The van der Waals surface area contributed by atoms with Crippen molar-refractivity contribution in [1.82, 2.24) is 10.2 Å². The summed E-state index contributed by atoms with van der Waals surface area (Å²) in [5, 5.41) is 3.21. The fraction of sp³-hybridized carbons (Fsp3) is 0.600. The van der Waals surface area contributed by atoms with E-state index in [1.54, 1.807) is 0 Å². The minimum atomic E-state index is 0.798. The monoisotopic (exact) mass is 250 g/mol. The molecule has 0 aromatic heterocycles. The molecule has 0 amide bonds. The van der Waals surface area contributed by atoms with Gasteiger partial charge in [0.25, 0.3) is 0 Å². The number of benzene rings is 1. The van der Waals surface area contributed by atoms with Crippen molar-refractivity contribution in [2.24, 2.45) is 0 Å². The van der Waals surface area contributed by atoms with Gasteiger partial charge in [0.1, 0.15) is 0 Å². The topological polar surface area (TPSA) is 24.5 Å². The highest BCUT2D eigenvalue weighted by molar-refractivity contribution is 5.27. The Hall–Kier alpha value is -0.900. The molecule has 0 fully saturated rings. The van der Waals surface area contributed by atoms with Gasteiger partial charge in [-0.25, -0.2) is 0 Å². The van der Waals surface area contributed by atoms with E-state index in [1.165, 1.54) is 11.1 Å². The SMILES string of the molecule is CCOCCN(C)Cc1ccccc1CCNC. The summed E-state index contributed by atoms with van der Waals surface area (Å²) in [6.07, 6.45) is 1.09. The molecule has 1 N–H and O–H groups in total. The zero-order valence-corrected chi connectivity index (χ0v) is 11.9. The van der Waals surface area contributed by atoms with Gasteiger partial charge >= 0.3 is 0 Å². The summed E-state index contributed by atoms with van der Waals surface area (Å²) in [5.74, 6) is 0. The predicted octanol–water partition coefficient (Wildman–Crippen LogP) is 1.92. The number of nitrogens with zero attached hydrogens (tertiary/aromatic N) is 1. The van der Waals surface area contributed by atoms with Gasteiger partial charge < -0.3 is 10.1 Å². The number of ether oxygens (including phenoxy) is 1. The van der Waals surface area contributed by atoms with E-state index in [0.29, 0.717) is 0 Å². The Bertz CT molecular complexity index is 328. The predicted molar refractivity (Wildman–Crippen MR) is 76.9 cm³/mol. The maximum atomic E-state index is 5.39. The van der Waals surface area contributed by atoms with Crippen LogP contribution in [0.2, 0.25) is 0 Å². The first-order valence-corrected chi connectivity index (χ1v) is 6.75. The van der Waals surface area contributed by atoms with Gasteiger partial charge in [-0.05, 0) is 45.1 Å². The number of hydrogen-bond acceptors (Lipinski definition) is 3. The highest BCUT2D eigenvalue weighted by Crippen LogP contribution is 2.11. The third-order valence-electron chi connectivity index (χ3n) is 3.02. The van der Waals surface area contributed by atoms with Gasteiger partial charge in [0.05, 0.1) is 6.61 Å². The smallest absolute Gasteiger partial charge is 0.0593 e. The van der Waals surface area contributed by atoms with Crippen molar-refractivity contribution in [3.8, 4) is 0 Å². The molecular weight excluding hydrogens is 224 g/mol. The van der Waals surface area contributed by atoms with E-state index >= 15 is 0 Å². The molecule has 102 valence electrons. The molecule has 0 bridgehead atoms. The van der Waals surface area contributed by atoms with E-state index in [1.807, 2.05) is 14.0 Å². The van der Waals surface area contributed by atoms with Gasteiger partial charge in [0.2, 0.25) is 0 Å². The summed E-state index contributed by atoms with van der Waals surface area (Å²) in [7, 11) is 4.14. The number of likely N-dealkylation sites (N-methyl/N-ethyl adjacent to an activating group) is 2. The van der Waals surface area contributed by atoms with Gasteiger partial charge in [-0.15, -0.1) is 0 Å². The Morgan fingerprint density at radius 2 is 1.94 bits per heavy atom. The molecule has 0 radical (unpaired) electrons. The lowest BCUT2D eigenvalue weighted by Gasteiger charge is -2.18. The second-order valence-corrected chi connectivity index (χ2v) is 4.56. The maximum Gasteiger partial charge on any atom is 0.0593 e. The van der Waals surface area contributed by atoms with Crippen molar-refractivity contribution in [2.45, 2.75) is 19.9 Å². The largest absolute Gasteiger partial charge is 0.380 e. The van der Waals surface area contributed by atoms with Crippen LogP contribution < -0.4 is 5.32 Å². The molecule has 0 spiro atoms. The standard InChI is InChI=1S/C15H26N2O/c1-4-18-12-11-17(3)13-15-8-6-5-7-14(15)9-10-16-2/h5-8,16H,4,9-13H2,1-3H3. The molecule has 18 heavy (non-hydrogen) atoms. The molecule has 0 atom stereocenters. The summed E-state index contributed by atoms with van der Waals surface area (Å²) in [6, 6.07) is 8.69. The van der Waals surface area contributed by atoms with Crippen LogP contribution in [0.15, 0.2) is 24.3 Å². The molecule has 0 unspecified atom stereocenters. The molecule has 1 aromatic carbocycles. The minimum absolute atomic E-state index is 0.798. The first-order valence-electron chi connectivity index (χ1n) is 6.75. The molecular formula is C15H26N2O. The lowest BCUT2D eigenvalue weighted by atomic mass is 10.0. The Labute approximate surface area is 111 Å². The van der Waals surface area contributed by atoms with Crippen molar-refractivity contribution in [3.63, 3.8) is 0 Å². The molecule has 0 heterocycles. The van der Waals surface area contributed by atoms with Crippen LogP contribution in [-0.4, -0.2) is 45.3 Å². The fourth-order valence-electron chi connectivity index (χ4n) is 1.95. The molecule has 3 nitrogen and oxygen atoms in total. The summed E-state index contributed by atoms with van der Waals surface area (Å²) in [6.45, 7) is 6.65. The number of nitrogens with one attached hydrogen (secondary N) is 1. The second kappa shape index (κ2) is 9.09. The minimum Gasteiger partial charge on any atom is -0.380 e. The van der Waals surface area contributed by atoms with E-state index < -0.39 is 0 Å². The van der Waals surface area contributed by atoms with E-state index in [9.17, 15) is 0 Å². The molecule has 0 aliphatic rings. The van der Waals surface area contributed by atoms with Crippen LogP contribution in [0.25, 0.3) is 0 Å². The van der Waals surface area contributed by atoms with Crippen molar-refractivity contribution < 1.29 is 4.74 Å². The molecule has 3 heteroatoms. The number of rotatable bonds is 9. The van der Waals surface area contributed by atoms with Crippen LogP contribution in [0.1, 0.15) is 18.1 Å². The van der Waals surface area contributed by atoms with Crippen LogP contribution in [0.5, 0.6) is 0 Å². The Morgan fingerprint density at radius 1 is 1.22 bits per heavy atom. The maximum absolute atomic E-state index is 5.39. The molecule has 1 rings (SSSR count). The van der Waals surface area contributed by atoms with Gasteiger partial charge in [0.15, 0.2) is 0 Å². The first-order chi connectivity index (χ1) is 8.77. The van der Waals surface area contributed by atoms with Crippen LogP contribution in [0.3, 0.4) is 0 Å². The van der Waals surface area contributed by atoms with Crippen LogP contribution in [-0.2, 0) is 17.7 Å². The van der Waals surface area contributed by atoms with Crippen molar-refractivity contribution in [3.05, 3.63) is 35.4 Å². The first kappa shape index (κ1) is 15.2. The van der Waals surface area contributed by atoms with Crippen molar-refractivity contribution >= 4 is 0 Å². The molecule has 1 aromatic rings. The summed E-state index contributed by atoms with van der Waals surface area (Å²) in [5.41, 5.74) is 2.86. The van der Waals surface area contributed by atoms with Crippen molar-refractivity contribution in [2.75, 3.05) is 40.4 Å². The summed E-state index contributed by atoms with van der Waals surface area (Å²) in [4.78, 5) is 2.31. The van der Waals surface area contributed by atoms with Crippen LogP contribution in [0, 0.1) is 0 Å². The lowest BCUT2D eigenvalue weighted by molar-refractivity contribution is 0.120. The zero-order valence-electron chi connectivity index (χ0n) is 11.9. The highest BCUT2D eigenvalue weighted by Gasteiger charge is 2.04. The normalized spacial score (nSPS) is 11.1. The van der Waals surface area contributed by atoms with Gasteiger partial charge in [-0.1, -0.05) is 24.3 Å².